The normalized spacial score (nSPS) is 15.6. The number of amides is 1. The van der Waals surface area contributed by atoms with Crippen molar-refractivity contribution in [2.75, 3.05) is 46.3 Å². The number of carbonyl (C=O) groups excluding carboxylic acids is 1. The molecular weight excluding hydrogens is 573 g/mol. The molecule has 1 atom stereocenters. The summed E-state index contributed by atoms with van der Waals surface area (Å²) >= 11 is 13.3. The molecule has 1 N–H and O–H groups in total. The number of piperidine rings is 1. The number of benzene rings is 1. The number of anilines is 1. The van der Waals surface area contributed by atoms with Crippen molar-refractivity contribution in [2.45, 2.75) is 51.9 Å². The second kappa shape index (κ2) is 12.7. The van der Waals surface area contributed by atoms with Crippen LogP contribution in [0.1, 0.15) is 33.6 Å². The van der Waals surface area contributed by atoms with E-state index < -0.39 is 5.60 Å². The summed E-state index contributed by atoms with van der Waals surface area (Å²) in [6.07, 6.45) is 2.63. The molecule has 1 amide bonds. The molecule has 1 saturated heterocycles. The van der Waals surface area contributed by atoms with Gasteiger partial charge in [-0.1, -0.05) is 23.2 Å². The van der Waals surface area contributed by atoms with Gasteiger partial charge in [0.05, 0.1) is 55.6 Å². The van der Waals surface area contributed by atoms with Gasteiger partial charge in [0.1, 0.15) is 22.7 Å². The topological polar surface area (TPSA) is 117 Å². The van der Waals surface area contributed by atoms with Crippen molar-refractivity contribution in [1.29, 1.82) is 0 Å². The molecule has 1 aliphatic heterocycles. The quantitative estimate of drug-likeness (QED) is 0.367. The third-order valence-corrected chi connectivity index (χ3v) is 7.34. The maximum Gasteiger partial charge on any atom is 0.410 e. The first kappa shape index (κ1) is 30.7. The van der Waals surface area contributed by atoms with E-state index in [-0.39, 0.29) is 52.1 Å². The number of rotatable bonds is 8. The Morgan fingerprint density at radius 2 is 1.83 bits per heavy atom. The number of methoxy groups -OCH3 is 2. The van der Waals surface area contributed by atoms with Gasteiger partial charge in [-0.2, -0.15) is 4.98 Å². The van der Waals surface area contributed by atoms with E-state index in [1.165, 1.54) is 18.8 Å². The number of likely N-dealkylation sites (tertiary alicyclic amines) is 1. The summed E-state index contributed by atoms with van der Waals surface area (Å²) in [4.78, 5) is 37.1. The maximum absolute atomic E-state index is 14.0. The van der Waals surface area contributed by atoms with E-state index >= 15 is 0 Å². The second-order valence-electron chi connectivity index (χ2n) is 10.6. The smallest absolute Gasteiger partial charge is 0.410 e. The zero-order valence-corrected chi connectivity index (χ0v) is 25.6. The average molecular weight is 609 g/mol. The van der Waals surface area contributed by atoms with Crippen LogP contribution >= 0.6 is 23.2 Å². The van der Waals surface area contributed by atoms with Crippen LogP contribution < -0.4 is 20.3 Å². The van der Waals surface area contributed by atoms with E-state index in [1.807, 2.05) is 20.8 Å². The molecule has 1 fully saturated rings. The number of fused-ring (bicyclic) bond motifs is 1. The van der Waals surface area contributed by atoms with Gasteiger partial charge >= 0.3 is 6.09 Å². The van der Waals surface area contributed by atoms with Crippen molar-refractivity contribution in [1.82, 2.24) is 19.4 Å². The van der Waals surface area contributed by atoms with E-state index in [4.69, 9.17) is 42.1 Å². The first-order valence-corrected chi connectivity index (χ1v) is 14.0. The highest BCUT2D eigenvalue weighted by atomic mass is 35.5. The third-order valence-electron chi connectivity index (χ3n) is 6.59. The highest BCUT2D eigenvalue weighted by molar-refractivity contribution is 6.41. The largest absolute Gasteiger partial charge is 0.495 e. The van der Waals surface area contributed by atoms with Crippen LogP contribution in [0.15, 0.2) is 23.1 Å². The number of carbonyl (C=O) groups is 1. The summed E-state index contributed by atoms with van der Waals surface area (Å²) in [7, 11) is 4.63. The number of nitrogens with zero attached hydrogens (tertiary/aromatic N) is 4. The number of aromatic nitrogens is 3. The van der Waals surface area contributed by atoms with E-state index in [2.05, 4.69) is 15.3 Å². The van der Waals surface area contributed by atoms with Crippen molar-refractivity contribution in [3.05, 3.63) is 38.7 Å². The van der Waals surface area contributed by atoms with Gasteiger partial charge in [0, 0.05) is 36.8 Å². The van der Waals surface area contributed by atoms with Gasteiger partial charge in [0.25, 0.3) is 5.56 Å². The lowest BCUT2D eigenvalue weighted by Crippen LogP contribution is -2.45. The molecule has 0 aliphatic carbocycles. The van der Waals surface area contributed by atoms with Crippen LogP contribution in [0, 0.1) is 0 Å². The highest BCUT2D eigenvalue weighted by Crippen LogP contribution is 2.45. The van der Waals surface area contributed by atoms with Crippen LogP contribution in [0.2, 0.25) is 10.0 Å². The molecule has 41 heavy (non-hydrogen) atoms. The number of hydrogen-bond donors (Lipinski definition) is 1. The molecule has 2 aromatic heterocycles. The summed E-state index contributed by atoms with van der Waals surface area (Å²) in [5.74, 6) is 0.982. The zero-order chi connectivity index (χ0) is 29.9. The Labute approximate surface area is 248 Å². The Morgan fingerprint density at radius 3 is 2.44 bits per heavy atom. The molecule has 222 valence electrons. The molecule has 1 unspecified atom stereocenters. The van der Waals surface area contributed by atoms with Gasteiger partial charge in [-0.05, 0) is 39.7 Å². The summed E-state index contributed by atoms with van der Waals surface area (Å²) in [5.41, 5.74) is -0.0173. The number of halogens is 2. The SMILES string of the molecule is CNc1ncc2cc(-c3c(Cl)c(OC)cc(OC)c3Cl)c(=O)n(CCOC3CCCN(C(=O)OC(C)(C)C)C3)c2n1. The molecule has 1 aliphatic rings. The average Bonchev–Trinajstić information content (AvgIpc) is 2.94. The molecular formula is C28H35Cl2N5O6. The van der Waals surface area contributed by atoms with E-state index in [0.29, 0.717) is 41.6 Å². The number of hydrogen-bond acceptors (Lipinski definition) is 9. The van der Waals surface area contributed by atoms with Gasteiger partial charge in [-0.3, -0.25) is 9.36 Å². The van der Waals surface area contributed by atoms with Crippen LogP contribution in [-0.2, 0) is 16.0 Å². The Hall–Kier alpha value is -3.28. The number of pyridine rings is 1. The lowest BCUT2D eigenvalue weighted by Gasteiger charge is -2.34. The zero-order valence-electron chi connectivity index (χ0n) is 24.0. The molecule has 1 aromatic carbocycles. The third kappa shape index (κ3) is 6.79. The minimum atomic E-state index is -0.579. The predicted molar refractivity (Wildman–Crippen MR) is 159 cm³/mol. The molecule has 0 radical (unpaired) electrons. The number of nitrogens with one attached hydrogen (secondary N) is 1. The standard InChI is InChI=1S/C28H35Cl2N5O6/c1-28(2,3)41-27(37)34-9-7-8-17(15-34)40-11-10-35-24-16(14-32-26(31-4)33-24)12-18(25(35)36)21-22(29)19(38-5)13-20(39-6)23(21)30/h12-14,17H,7-11,15H2,1-6H3,(H,31,32,33). The molecule has 0 bridgehead atoms. The van der Waals surface area contributed by atoms with E-state index in [0.717, 1.165) is 12.8 Å². The molecule has 11 nitrogen and oxygen atoms in total. The monoisotopic (exact) mass is 607 g/mol. The van der Waals surface area contributed by atoms with Crippen LogP contribution in [0.4, 0.5) is 10.7 Å². The van der Waals surface area contributed by atoms with Crippen molar-refractivity contribution >= 4 is 46.3 Å². The fourth-order valence-corrected chi connectivity index (χ4v) is 5.37. The highest BCUT2D eigenvalue weighted by Gasteiger charge is 2.28. The fraction of sp³-hybridized carbons (Fsp3) is 0.500. The second-order valence-corrected chi connectivity index (χ2v) is 11.3. The van der Waals surface area contributed by atoms with Crippen LogP contribution in [-0.4, -0.2) is 78.2 Å². The summed E-state index contributed by atoms with van der Waals surface area (Å²) in [6, 6.07) is 3.22. The van der Waals surface area contributed by atoms with Crippen LogP contribution in [0.25, 0.3) is 22.2 Å². The predicted octanol–water partition coefficient (Wildman–Crippen LogP) is 5.24. The van der Waals surface area contributed by atoms with Gasteiger partial charge in [0.2, 0.25) is 5.95 Å². The van der Waals surface area contributed by atoms with Crippen LogP contribution in [0.5, 0.6) is 11.5 Å². The minimum Gasteiger partial charge on any atom is -0.495 e. The summed E-state index contributed by atoms with van der Waals surface area (Å²) in [6.45, 7) is 6.91. The molecule has 3 aromatic rings. The molecule has 13 heteroatoms. The van der Waals surface area contributed by atoms with Gasteiger partial charge in [0.15, 0.2) is 0 Å². The van der Waals surface area contributed by atoms with Crippen molar-refractivity contribution in [2.24, 2.45) is 0 Å². The van der Waals surface area contributed by atoms with Crippen molar-refractivity contribution in [3.8, 4) is 22.6 Å². The molecule has 0 spiro atoms. The fourth-order valence-electron chi connectivity index (χ4n) is 4.67. The van der Waals surface area contributed by atoms with Gasteiger partial charge in [-0.25, -0.2) is 9.78 Å². The minimum absolute atomic E-state index is 0.176. The molecule has 4 rings (SSSR count). The molecule has 3 heterocycles. The maximum atomic E-state index is 14.0. The Kier molecular flexibility index (Phi) is 9.51. The molecule has 0 saturated carbocycles. The Bertz CT molecular complexity index is 1460. The van der Waals surface area contributed by atoms with Gasteiger partial charge < -0.3 is 29.2 Å². The Balaban J connectivity index is 1.67. The lowest BCUT2D eigenvalue weighted by atomic mass is 10.0. The summed E-state index contributed by atoms with van der Waals surface area (Å²) in [5, 5.41) is 3.86. The van der Waals surface area contributed by atoms with E-state index in [9.17, 15) is 9.59 Å². The lowest BCUT2D eigenvalue weighted by molar-refractivity contribution is -0.0219. The first-order chi connectivity index (χ1) is 19.5. The Morgan fingerprint density at radius 1 is 1.15 bits per heavy atom. The van der Waals surface area contributed by atoms with Crippen molar-refractivity contribution in [3.63, 3.8) is 0 Å². The van der Waals surface area contributed by atoms with Crippen molar-refractivity contribution < 1.29 is 23.7 Å². The summed E-state index contributed by atoms with van der Waals surface area (Å²) < 4.78 is 24.0. The van der Waals surface area contributed by atoms with E-state index in [1.54, 1.807) is 30.3 Å². The van der Waals surface area contributed by atoms with Crippen LogP contribution in [0.3, 0.4) is 0 Å². The first-order valence-electron chi connectivity index (χ1n) is 13.3. The number of ether oxygens (including phenoxy) is 4. The van der Waals surface area contributed by atoms with Gasteiger partial charge in [-0.15, -0.1) is 0 Å².